The zero-order valence-electron chi connectivity index (χ0n) is 26.3. The minimum atomic E-state index is -1.35. The summed E-state index contributed by atoms with van der Waals surface area (Å²) in [5, 5.41) is 14.5. The molecule has 2 aromatic rings. The molecular formula is C30H39F4N3O8. The molecule has 45 heavy (non-hydrogen) atoms. The van der Waals surface area contributed by atoms with Crippen LogP contribution < -0.4 is 10.6 Å². The number of carboxylic acid groups (broad SMARTS) is 1. The van der Waals surface area contributed by atoms with E-state index in [1.165, 1.54) is 14.2 Å². The van der Waals surface area contributed by atoms with E-state index in [1.54, 1.807) is 41.5 Å². The molecular weight excluding hydrogens is 606 g/mol. The first-order valence-corrected chi connectivity index (χ1v) is 13.5. The molecule has 2 atom stereocenters. The number of likely N-dealkylation sites (N-methyl/N-ethyl adjacent to an activating group) is 1. The van der Waals surface area contributed by atoms with Gasteiger partial charge in [-0.3, -0.25) is 9.63 Å². The van der Waals surface area contributed by atoms with E-state index in [0.29, 0.717) is 6.07 Å². The second-order valence-electron chi connectivity index (χ2n) is 11.7. The van der Waals surface area contributed by atoms with Crippen molar-refractivity contribution in [1.82, 2.24) is 15.7 Å². The van der Waals surface area contributed by atoms with E-state index >= 15 is 0 Å². The molecule has 15 heteroatoms. The third kappa shape index (κ3) is 15.8. The number of hydroxylamine groups is 2. The molecule has 250 valence electrons. The van der Waals surface area contributed by atoms with Gasteiger partial charge in [-0.15, -0.1) is 0 Å². The molecule has 0 fully saturated rings. The number of carbonyl (C=O) groups excluding carboxylic acids is 3. The molecule has 0 heterocycles. The third-order valence-corrected chi connectivity index (χ3v) is 5.29. The van der Waals surface area contributed by atoms with Crippen LogP contribution in [-0.2, 0) is 36.7 Å². The van der Waals surface area contributed by atoms with Crippen LogP contribution in [0.1, 0.15) is 52.7 Å². The summed E-state index contributed by atoms with van der Waals surface area (Å²) in [5.74, 6) is -5.08. The number of nitrogens with one attached hydrogen (secondary N) is 2. The standard InChI is InChI=1S/C16H22F2N2O4.C14H17F2NO4/c1-16(2,3)24-15(22)19-13(14(21)20(4)23-5)8-10-6-11(17)9-12(18)7-10;1-14(2,3)21-13(20)17-11(12(18)19)6-8-4-9(15)7-10(16)5-8/h6-7,9,13H,8H2,1-5H3,(H,19,22);4-5,7,11H,6H2,1-3H3,(H,17,20)(H,18,19)/t13-;11-/m00/s1. The molecule has 0 aliphatic carbocycles. The van der Waals surface area contributed by atoms with Crippen molar-refractivity contribution in [1.29, 1.82) is 0 Å². The molecule has 2 aromatic carbocycles. The number of amides is 3. The van der Waals surface area contributed by atoms with Crippen molar-refractivity contribution in [3.05, 3.63) is 70.8 Å². The van der Waals surface area contributed by atoms with Gasteiger partial charge in [0, 0.05) is 32.0 Å². The zero-order valence-corrected chi connectivity index (χ0v) is 26.3. The Bertz CT molecular complexity index is 1300. The Labute approximate surface area is 258 Å². The molecule has 0 unspecified atom stereocenters. The first kappa shape index (κ1) is 38.6. The van der Waals surface area contributed by atoms with Gasteiger partial charge >= 0.3 is 18.2 Å². The Morgan fingerprint density at radius 3 is 1.36 bits per heavy atom. The number of hydrogen-bond donors (Lipinski definition) is 3. The third-order valence-electron chi connectivity index (χ3n) is 5.29. The summed E-state index contributed by atoms with van der Waals surface area (Å²) < 4.78 is 62.8. The van der Waals surface area contributed by atoms with Gasteiger partial charge < -0.3 is 25.2 Å². The summed E-state index contributed by atoms with van der Waals surface area (Å²) >= 11 is 0. The topological polar surface area (TPSA) is 143 Å². The average Bonchev–Trinajstić information content (AvgIpc) is 2.84. The summed E-state index contributed by atoms with van der Waals surface area (Å²) in [7, 11) is 2.64. The Morgan fingerprint density at radius 1 is 0.711 bits per heavy atom. The van der Waals surface area contributed by atoms with E-state index < -0.39 is 70.6 Å². The molecule has 3 N–H and O–H groups in total. The fourth-order valence-corrected chi connectivity index (χ4v) is 3.54. The predicted octanol–water partition coefficient (Wildman–Crippen LogP) is 4.91. The second kappa shape index (κ2) is 16.6. The summed E-state index contributed by atoms with van der Waals surface area (Å²) in [4.78, 5) is 51.7. The maximum absolute atomic E-state index is 13.3. The van der Waals surface area contributed by atoms with E-state index in [1.807, 2.05) is 0 Å². The van der Waals surface area contributed by atoms with Crippen molar-refractivity contribution in [3.63, 3.8) is 0 Å². The molecule has 0 aromatic heterocycles. The quantitative estimate of drug-likeness (QED) is 0.258. The summed E-state index contributed by atoms with van der Waals surface area (Å²) in [6.45, 7) is 9.91. The van der Waals surface area contributed by atoms with Gasteiger partial charge in [-0.2, -0.15) is 0 Å². The smallest absolute Gasteiger partial charge is 0.408 e. The van der Waals surface area contributed by atoms with Gasteiger partial charge in [0.25, 0.3) is 5.91 Å². The fourth-order valence-electron chi connectivity index (χ4n) is 3.54. The Kier molecular flexibility index (Phi) is 14.3. The van der Waals surface area contributed by atoms with Gasteiger partial charge in [0.1, 0.15) is 46.6 Å². The highest BCUT2D eigenvalue weighted by Gasteiger charge is 2.28. The van der Waals surface area contributed by atoms with Crippen molar-refractivity contribution in [3.8, 4) is 0 Å². The van der Waals surface area contributed by atoms with E-state index in [2.05, 4.69) is 10.6 Å². The molecule has 3 amide bonds. The molecule has 0 saturated carbocycles. The Balaban J connectivity index is 0.000000454. The lowest BCUT2D eigenvalue weighted by atomic mass is 10.0. The number of rotatable bonds is 9. The first-order valence-electron chi connectivity index (χ1n) is 13.5. The maximum Gasteiger partial charge on any atom is 0.408 e. The molecule has 0 bridgehead atoms. The number of carbonyl (C=O) groups is 4. The van der Waals surface area contributed by atoms with Crippen molar-refractivity contribution >= 4 is 24.1 Å². The summed E-state index contributed by atoms with van der Waals surface area (Å²) in [6.07, 6.45) is -2.11. The molecule has 0 aliphatic heterocycles. The Morgan fingerprint density at radius 2 is 1.04 bits per heavy atom. The van der Waals surface area contributed by atoms with Crippen LogP contribution in [0.2, 0.25) is 0 Å². The number of carboxylic acids is 1. The molecule has 0 radical (unpaired) electrons. The van der Waals surface area contributed by atoms with Gasteiger partial charge in [-0.05, 0) is 76.9 Å². The van der Waals surface area contributed by atoms with Crippen molar-refractivity contribution in [2.24, 2.45) is 0 Å². The number of halogens is 4. The van der Waals surface area contributed by atoms with E-state index in [-0.39, 0.29) is 24.0 Å². The lowest BCUT2D eigenvalue weighted by molar-refractivity contribution is -0.171. The highest BCUT2D eigenvalue weighted by molar-refractivity contribution is 5.85. The predicted molar refractivity (Wildman–Crippen MR) is 154 cm³/mol. The highest BCUT2D eigenvalue weighted by Crippen LogP contribution is 2.14. The van der Waals surface area contributed by atoms with Crippen molar-refractivity contribution < 1.29 is 56.2 Å². The van der Waals surface area contributed by atoms with Crippen LogP contribution in [0.3, 0.4) is 0 Å². The highest BCUT2D eigenvalue weighted by atomic mass is 19.1. The maximum atomic E-state index is 13.3. The normalized spacial score (nSPS) is 12.5. The van der Waals surface area contributed by atoms with Crippen molar-refractivity contribution in [2.75, 3.05) is 14.2 Å². The van der Waals surface area contributed by atoms with Crippen LogP contribution in [0.25, 0.3) is 0 Å². The number of nitrogens with zero attached hydrogens (tertiary/aromatic N) is 1. The second-order valence-corrected chi connectivity index (χ2v) is 11.7. The fraction of sp³-hybridized carbons (Fsp3) is 0.467. The van der Waals surface area contributed by atoms with Crippen LogP contribution in [-0.4, -0.2) is 71.7 Å². The summed E-state index contributed by atoms with van der Waals surface area (Å²) in [6, 6.07) is 3.15. The lowest BCUT2D eigenvalue weighted by Crippen LogP contribution is -2.49. The summed E-state index contributed by atoms with van der Waals surface area (Å²) in [5.41, 5.74) is -1.20. The molecule has 0 spiro atoms. The molecule has 0 saturated heterocycles. The van der Waals surface area contributed by atoms with Crippen LogP contribution in [0.4, 0.5) is 27.2 Å². The van der Waals surface area contributed by atoms with E-state index in [0.717, 1.165) is 35.4 Å². The Hall–Kier alpha value is -4.40. The first-order chi connectivity index (χ1) is 20.6. The zero-order chi connectivity index (χ0) is 34.7. The number of alkyl carbamates (subject to hydrolysis) is 2. The average molecular weight is 646 g/mol. The largest absolute Gasteiger partial charge is 0.480 e. The van der Waals surface area contributed by atoms with E-state index in [4.69, 9.17) is 19.4 Å². The molecule has 11 nitrogen and oxygen atoms in total. The van der Waals surface area contributed by atoms with Gasteiger partial charge in [0.15, 0.2) is 0 Å². The molecule has 0 aliphatic rings. The number of aliphatic carboxylic acids is 1. The minimum Gasteiger partial charge on any atom is -0.480 e. The number of ether oxygens (including phenoxy) is 2. The van der Waals surface area contributed by atoms with Gasteiger partial charge in [-0.25, -0.2) is 37.0 Å². The van der Waals surface area contributed by atoms with Gasteiger partial charge in [-0.1, -0.05) is 0 Å². The SMILES string of the molecule is CC(C)(C)OC(=O)N[C@@H](Cc1cc(F)cc(F)c1)C(=O)O.CON(C)C(=O)[C@H](Cc1cc(F)cc(F)c1)NC(=O)OC(C)(C)C. The molecule has 2 rings (SSSR count). The van der Waals surface area contributed by atoms with Crippen LogP contribution in [0.15, 0.2) is 36.4 Å². The van der Waals surface area contributed by atoms with Crippen molar-refractivity contribution in [2.45, 2.75) is 77.7 Å². The monoisotopic (exact) mass is 645 g/mol. The lowest BCUT2D eigenvalue weighted by Gasteiger charge is -2.25. The minimum absolute atomic E-state index is 0.121. The number of hydrogen-bond acceptors (Lipinski definition) is 7. The number of benzene rings is 2. The van der Waals surface area contributed by atoms with Crippen LogP contribution >= 0.6 is 0 Å². The van der Waals surface area contributed by atoms with Crippen LogP contribution in [0, 0.1) is 23.3 Å². The van der Waals surface area contributed by atoms with E-state index in [9.17, 15) is 36.7 Å². The van der Waals surface area contributed by atoms with Gasteiger partial charge in [0.05, 0.1) is 7.11 Å². The van der Waals surface area contributed by atoms with Crippen LogP contribution in [0.5, 0.6) is 0 Å². The van der Waals surface area contributed by atoms with Gasteiger partial charge in [0.2, 0.25) is 0 Å².